The number of nitrogens with two attached hydrogens (primary N) is 1. The van der Waals surface area contributed by atoms with Crippen molar-refractivity contribution < 1.29 is 9.59 Å². The van der Waals surface area contributed by atoms with Gasteiger partial charge in [-0.05, 0) is 36.6 Å². The lowest BCUT2D eigenvalue weighted by atomic mass is 10.1. The number of benzene rings is 2. The first-order valence-corrected chi connectivity index (χ1v) is 8.18. The van der Waals surface area contributed by atoms with E-state index in [4.69, 9.17) is 5.73 Å². The second kappa shape index (κ2) is 8.53. The Morgan fingerprint density at radius 3 is 2.56 bits per heavy atom. The van der Waals surface area contributed by atoms with E-state index in [2.05, 4.69) is 5.32 Å². The van der Waals surface area contributed by atoms with E-state index >= 15 is 0 Å². The standard InChI is InChI=1S/C19H21N3O2.ClH/c20-15-7-2-1-6-14(15)11-12-18(23)21-16-8-3-4-9-17(16)22-13-5-10-19(22)24;/h1-4,6-9H,5,10-13,20H2,(H,21,23);1H. The Morgan fingerprint density at radius 1 is 1.12 bits per heavy atom. The van der Waals surface area contributed by atoms with Crippen LogP contribution in [0.5, 0.6) is 0 Å². The van der Waals surface area contributed by atoms with Gasteiger partial charge in [0.1, 0.15) is 0 Å². The molecule has 0 unspecified atom stereocenters. The van der Waals surface area contributed by atoms with Gasteiger partial charge < -0.3 is 16.0 Å². The average Bonchev–Trinajstić information content (AvgIpc) is 3.00. The largest absolute Gasteiger partial charge is 0.399 e. The van der Waals surface area contributed by atoms with E-state index < -0.39 is 0 Å². The maximum atomic E-state index is 12.3. The van der Waals surface area contributed by atoms with Gasteiger partial charge in [0.2, 0.25) is 11.8 Å². The van der Waals surface area contributed by atoms with Gasteiger partial charge in [0.25, 0.3) is 0 Å². The highest BCUT2D eigenvalue weighted by atomic mass is 35.5. The first kappa shape index (κ1) is 18.8. The van der Waals surface area contributed by atoms with Crippen molar-refractivity contribution in [3.8, 4) is 0 Å². The van der Waals surface area contributed by atoms with Crippen LogP contribution in [-0.4, -0.2) is 18.4 Å². The van der Waals surface area contributed by atoms with E-state index in [1.807, 2.05) is 48.5 Å². The van der Waals surface area contributed by atoms with Crippen molar-refractivity contribution in [3.63, 3.8) is 0 Å². The lowest BCUT2D eigenvalue weighted by Gasteiger charge is -2.20. The molecule has 2 aromatic rings. The van der Waals surface area contributed by atoms with Crippen molar-refractivity contribution in [2.45, 2.75) is 25.7 Å². The van der Waals surface area contributed by atoms with Gasteiger partial charge in [-0.25, -0.2) is 0 Å². The molecule has 0 aromatic heterocycles. The zero-order valence-corrected chi connectivity index (χ0v) is 14.7. The van der Waals surface area contributed by atoms with Crippen LogP contribution >= 0.6 is 12.4 Å². The normalized spacial score (nSPS) is 13.4. The minimum Gasteiger partial charge on any atom is -0.399 e. The van der Waals surface area contributed by atoms with Crippen LogP contribution in [0.25, 0.3) is 0 Å². The van der Waals surface area contributed by atoms with E-state index in [1.54, 1.807) is 4.90 Å². The number of nitrogens with one attached hydrogen (secondary N) is 1. The smallest absolute Gasteiger partial charge is 0.227 e. The Morgan fingerprint density at radius 2 is 1.84 bits per heavy atom. The van der Waals surface area contributed by atoms with Crippen molar-refractivity contribution in [2.24, 2.45) is 0 Å². The molecule has 0 saturated carbocycles. The molecule has 1 heterocycles. The molecular formula is C19H22ClN3O2. The number of carbonyl (C=O) groups excluding carboxylic acids is 2. The van der Waals surface area contributed by atoms with Crippen LogP contribution in [-0.2, 0) is 16.0 Å². The molecule has 25 heavy (non-hydrogen) atoms. The number of hydrogen-bond acceptors (Lipinski definition) is 3. The molecule has 0 atom stereocenters. The third-order valence-electron chi connectivity index (χ3n) is 4.22. The van der Waals surface area contributed by atoms with Gasteiger partial charge in [0, 0.05) is 25.1 Å². The molecular weight excluding hydrogens is 338 g/mol. The van der Waals surface area contributed by atoms with Crippen molar-refractivity contribution >= 4 is 41.3 Å². The summed E-state index contributed by atoms with van der Waals surface area (Å²) in [5.74, 6) is 0.0195. The highest BCUT2D eigenvalue weighted by molar-refractivity contribution is 6.02. The number of aryl methyl sites for hydroxylation is 1. The number of rotatable bonds is 5. The fourth-order valence-corrected chi connectivity index (χ4v) is 2.94. The lowest BCUT2D eigenvalue weighted by Crippen LogP contribution is -2.25. The van der Waals surface area contributed by atoms with Gasteiger partial charge in [-0.1, -0.05) is 30.3 Å². The number of hydrogen-bond donors (Lipinski definition) is 2. The Balaban J connectivity index is 0.00000225. The molecule has 5 nitrogen and oxygen atoms in total. The monoisotopic (exact) mass is 359 g/mol. The molecule has 6 heteroatoms. The van der Waals surface area contributed by atoms with Gasteiger partial charge in [0.15, 0.2) is 0 Å². The number of para-hydroxylation sites is 3. The third kappa shape index (κ3) is 4.51. The zero-order chi connectivity index (χ0) is 16.9. The SMILES string of the molecule is Cl.Nc1ccccc1CCC(=O)Nc1ccccc1N1CCCC1=O. The molecule has 3 rings (SSSR count). The van der Waals surface area contributed by atoms with E-state index in [0.29, 0.717) is 37.2 Å². The summed E-state index contributed by atoms with van der Waals surface area (Å²) >= 11 is 0. The number of amides is 2. The Labute approximate surface area is 153 Å². The summed E-state index contributed by atoms with van der Waals surface area (Å²) in [7, 11) is 0. The van der Waals surface area contributed by atoms with Crippen LogP contribution in [0.1, 0.15) is 24.8 Å². The maximum Gasteiger partial charge on any atom is 0.227 e. The quantitative estimate of drug-likeness (QED) is 0.803. The molecule has 2 amide bonds. The van der Waals surface area contributed by atoms with Crippen molar-refractivity contribution in [2.75, 3.05) is 22.5 Å². The van der Waals surface area contributed by atoms with Gasteiger partial charge in [-0.15, -0.1) is 12.4 Å². The molecule has 3 N–H and O–H groups in total. The molecule has 0 bridgehead atoms. The van der Waals surface area contributed by atoms with E-state index in [1.165, 1.54) is 0 Å². The first-order valence-electron chi connectivity index (χ1n) is 8.18. The number of nitrogens with zero attached hydrogens (tertiary/aromatic N) is 1. The number of nitrogen functional groups attached to an aromatic ring is 1. The van der Waals surface area contributed by atoms with Crippen LogP contribution < -0.4 is 16.0 Å². The molecule has 1 saturated heterocycles. The Bertz CT molecular complexity index is 764. The van der Waals surface area contributed by atoms with Crippen LogP contribution in [0.15, 0.2) is 48.5 Å². The number of carbonyl (C=O) groups is 2. The summed E-state index contributed by atoms with van der Waals surface area (Å²) in [6.45, 7) is 0.701. The van der Waals surface area contributed by atoms with Crippen molar-refractivity contribution in [1.29, 1.82) is 0 Å². The molecule has 1 aliphatic rings. The number of halogens is 1. The van der Waals surface area contributed by atoms with Crippen molar-refractivity contribution in [3.05, 3.63) is 54.1 Å². The fraction of sp³-hybridized carbons (Fsp3) is 0.263. The fourth-order valence-electron chi connectivity index (χ4n) is 2.94. The minimum absolute atomic E-state index is 0. The Hall–Kier alpha value is -2.53. The predicted octanol–water partition coefficient (Wildman–Crippen LogP) is 3.39. The first-order chi connectivity index (χ1) is 11.6. The lowest BCUT2D eigenvalue weighted by molar-refractivity contribution is -0.117. The predicted molar refractivity (Wildman–Crippen MR) is 103 cm³/mol. The zero-order valence-electron chi connectivity index (χ0n) is 13.9. The molecule has 0 aliphatic carbocycles. The average molecular weight is 360 g/mol. The minimum atomic E-state index is -0.0858. The third-order valence-corrected chi connectivity index (χ3v) is 4.22. The van der Waals surface area contributed by atoms with Crippen LogP contribution in [0, 0.1) is 0 Å². The second-order valence-electron chi connectivity index (χ2n) is 5.91. The van der Waals surface area contributed by atoms with Gasteiger partial charge in [0.05, 0.1) is 11.4 Å². The molecule has 0 spiro atoms. The summed E-state index contributed by atoms with van der Waals surface area (Å²) in [6.07, 6.45) is 2.35. The van der Waals surface area contributed by atoms with Crippen LogP contribution in [0.3, 0.4) is 0 Å². The summed E-state index contributed by atoms with van der Waals surface area (Å²) < 4.78 is 0. The summed E-state index contributed by atoms with van der Waals surface area (Å²) in [5.41, 5.74) is 9.03. The summed E-state index contributed by atoms with van der Waals surface area (Å²) in [4.78, 5) is 26.0. The van der Waals surface area contributed by atoms with Gasteiger partial charge >= 0.3 is 0 Å². The molecule has 2 aromatic carbocycles. The second-order valence-corrected chi connectivity index (χ2v) is 5.91. The van der Waals surface area contributed by atoms with E-state index in [-0.39, 0.29) is 24.2 Å². The van der Waals surface area contributed by atoms with Gasteiger partial charge in [-0.3, -0.25) is 9.59 Å². The summed E-state index contributed by atoms with van der Waals surface area (Å²) in [5, 5.41) is 2.92. The highest BCUT2D eigenvalue weighted by Crippen LogP contribution is 2.29. The summed E-state index contributed by atoms with van der Waals surface area (Å²) in [6, 6.07) is 15.0. The molecule has 1 aliphatic heterocycles. The van der Waals surface area contributed by atoms with Crippen LogP contribution in [0.2, 0.25) is 0 Å². The molecule has 0 radical (unpaired) electrons. The molecule has 132 valence electrons. The maximum absolute atomic E-state index is 12.3. The molecule has 1 fully saturated rings. The topological polar surface area (TPSA) is 75.4 Å². The number of anilines is 3. The highest BCUT2D eigenvalue weighted by Gasteiger charge is 2.24. The van der Waals surface area contributed by atoms with E-state index in [9.17, 15) is 9.59 Å². The van der Waals surface area contributed by atoms with E-state index in [0.717, 1.165) is 17.7 Å². The van der Waals surface area contributed by atoms with Crippen LogP contribution in [0.4, 0.5) is 17.1 Å². The van der Waals surface area contributed by atoms with Gasteiger partial charge in [-0.2, -0.15) is 0 Å². The van der Waals surface area contributed by atoms with Crippen molar-refractivity contribution in [1.82, 2.24) is 0 Å². The Kier molecular flexibility index (Phi) is 6.42.